The molecule has 0 aliphatic rings. The topological polar surface area (TPSA) is 27.0 Å². The number of hydrogen-bond donors (Lipinski definition) is 0. The zero-order chi connectivity index (χ0) is 15.2. The molecule has 0 aromatic heterocycles. The van der Waals surface area contributed by atoms with Crippen LogP contribution in [-0.2, 0) is 0 Å². The Morgan fingerprint density at radius 2 is 1.57 bits per heavy atom. The number of allylic oxidation sites excluding steroid dienone is 1. The van der Waals surface area contributed by atoms with E-state index in [1.807, 2.05) is 50.7 Å². The Balaban J connectivity index is 2.51. The van der Waals surface area contributed by atoms with Crippen LogP contribution in [0.15, 0.2) is 54.6 Å². The number of benzene rings is 2. The van der Waals surface area contributed by atoms with Crippen molar-refractivity contribution < 1.29 is 0 Å². The molecule has 0 N–H and O–H groups in total. The maximum Gasteiger partial charge on any atom is 0.101 e. The van der Waals surface area contributed by atoms with Crippen molar-refractivity contribution in [3.8, 4) is 6.07 Å². The Kier molecular flexibility index (Phi) is 5.08. The van der Waals surface area contributed by atoms with Crippen molar-refractivity contribution in [2.24, 2.45) is 0 Å². The highest BCUT2D eigenvalue weighted by Gasteiger charge is 2.10. The van der Waals surface area contributed by atoms with E-state index >= 15 is 0 Å². The van der Waals surface area contributed by atoms with E-state index in [-0.39, 0.29) is 0 Å². The van der Waals surface area contributed by atoms with E-state index < -0.39 is 0 Å². The molecule has 0 radical (unpaired) electrons. The van der Waals surface area contributed by atoms with Crippen LogP contribution in [0.5, 0.6) is 0 Å². The third kappa shape index (κ3) is 3.48. The molecule has 0 spiro atoms. The van der Waals surface area contributed by atoms with Gasteiger partial charge in [0.2, 0.25) is 0 Å². The van der Waals surface area contributed by atoms with Gasteiger partial charge in [-0.15, -0.1) is 11.8 Å². The molecule has 0 amide bonds. The molecule has 2 aromatic carbocycles. The Morgan fingerprint density at radius 1 is 0.952 bits per heavy atom. The normalized spacial score (nSPS) is 11.5. The van der Waals surface area contributed by atoms with E-state index in [4.69, 9.17) is 0 Å². The Morgan fingerprint density at radius 3 is 2.05 bits per heavy atom. The second kappa shape index (κ2) is 7.01. The van der Waals surface area contributed by atoms with Crippen LogP contribution in [0.25, 0.3) is 10.5 Å². The highest BCUT2D eigenvalue weighted by atomic mass is 32.2. The molecule has 0 aliphatic heterocycles. The lowest BCUT2D eigenvalue weighted by Crippen LogP contribution is -2.08. The van der Waals surface area contributed by atoms with Gasteiger partial charge in [0.1, 0.15) is 6.07 Å². The first-order chi connectivity index (χ1) is 10.2. The van der Waals surface area contributed by atoms with Gasteiger partial charge in [-0.1, -0.05) is 42.5 Å². The first-order valence-electron chi connectivity index (χ1n) is 6.69. The van der Waals surface area contributed by atoms with Crippen molar-refractivity contribution in [3.05, 3.63) is 65.7 Å². The molecule has 0 heterocycles. The molecule has 0 aliphatic carbocycles. The smallest absolute Gasteiger partial charge is 0.101 e. The number of hydrogen-bond acceptors (Lipinski definition) is 3. The summed E-state index contributed by atoms with van der Waals surface area (Å²) in [4.78, 5) is 3.07. The molecule has 2 nitrogen and oxygen atoms in total. The number of nitriles is 1. The van der Waals surface area contributed by atoms with Gasteiger partial charge < -0.3 is 4.90 Å². The average molecular weight is 294 g/mol. The lowest BCUT2D eigenvalue weighted by atomic mass is 10.0. The van der Waals surface area contributed by atoms with Crippen molar-refractivity contribution in [2.75, 3.05) is 25.3 Å². The number of rotatable bonds is 4. The van der Waals surface area contributed by atoms with Crippen molar-refractivity contribution in [1.82, 2.24) is 0 Å². The molecule has 106 valence electrons. The summed E-state index contributed by atoms with van der Waals surface area (Å²) in [5.74, 6) is 0. The van der Waals surface area contributed by atoms with Crippen LogP contribution in [-0.4, -0.2) is 20.4 Å². The summed E-state index contributed by atoms with van der Waals surface area (Å²) in [6.45, 7) is 0. The van der Waals surface area contributed by atoms with Crippen molar-refractivity contribution in [3.63, 3.8) is 0 Å². The third-order valence-corrected chi connectivity index (χ3v) is 4.10. The summed E-state index contributed by atoms with van der Waals surface area (Å²) in [6, 6.07) is 20.5. The predicted molar refractivity (Wildman–Crippen MR) is 93.2 cm³/mol. The van der Waals surface area contributed by atoms with E-state index in [0.717, 1.165) is 27.3 Å². The van der Waals surface area contributed by atoms with E-state index in [1.54, 1.807) is 11.8 Å². The largest absolute Gasteiger partial charge is 0.378 e. The quantitative estimate of drug-likeness (QED) is 0.613. The monoisotopic (exact) mass is 294 g/mol. The minimum Gasteiger partial charge on any atom is -0.378 e. The summed E-state index contributed by atoms with van der Waals surface area (Å²) >= 11 is 1.61. The molecule has 0 saturated carbocycles. The van der Waals surface area contributed by atoms with Gasteiger partial charge in [-0.05, 0) is 29.5 Å². The first-order valence-corrected chi connectivity index (χ1v) is 7.91. The second-order valence-corrected chi connectivity index (χ2v) is 5.64. The van der Waals surface area contributed by atoms with Gasteiger partial charge >= 0.3 is 0 Å². The molecular formula is C18H18N2S. The van der Waals surface area contributed by atoms with Gasteiger partial charge in [0.05, 0.1) is 5.57 Å². The number of thioether (sulfide) groups is 1. The molecule has 3 heteroatoms. The molecule has 2 aromatic rings. The Hall–Kier alpha value is -2.18. The fourth-order valence-corrected chi connectivity index (χ4v) is 2.87. The molecule has 0 fully saturated rings. The van der Waals surface area contributed by atoms with Crippen LogP contribution in [0, 0.1) is 11.3 Å². The highest BCUT2D eigenvalue weighted by molar-refractivity contribution is 8.08. The van der Waals surface area contributed by atoms with Gasteiger partial charge in [-0.25, -0.2) is 0 Å². The SMILES string of the molecule is CS/C(=C(\C#N)c1ccccc1)c1ccc(N(C)C)cc1. The summed E-state index contributed by atoms with van der Waals surface area (Å²) in [5.41, 5.74) is 3.91. The van der Waals surface area contributed by atoms with Gasteiger partial charge in [-0.3, -0.25) is 0 Å². The summed E-state index contributed by atoms with van der Waals surface area (Å²) < 4.78 is 0. The van der Waals surface area contributed by atoms with Gasteiger partial charge in [0.25, 0.3) is 0 Å². The minimum atomic E-state index is 0.723. The van der Waals surface area contributed by atoms with E-state index in [0.29, 0.717) is 0 Å². The van der Waals surface area contributed by atoms with Crippen molar-refractivity contribution >= 4 is 27.9 Å². The van der Waals surface area contributed by atoms with E-state index in [9.17, 15) is 5.26 Å². The van der Waals surface area contributed by atoms with Crippen LogP contribution >= 0.6 is 11.8 Å². The lowest BCUT2D eigenvalue weighted by Gasteiger charge is -2.14. The molecule has 0 bridgehead atoms. The van der Waals surface area contributed by atoms with Crippen LogP contribution in [0.3, 0.4) is 0 Å². The third-order valence-electron chi connectivity index (χ3n) is 3.25. The van der Waals surface area contributed by atoms with Crippen LogP contribution in [0.4, 0.5) is 5.69 Å². The minimum absolute atomic E-state index is 0.723. The fraction of sp³-hybridized carbons (Fsp3) is 0.167. The summed E-state index contributed by atoms with van der Waals surface area (Å²) in [7, 11) is 4.04. The maximum absolute atomic E-state index is 9.56. The van der Waals surface area contributed by atoms with E-state index in [1.165, 1.54) is 0 Å². The predicted octanol–water partition coefficient (Wildman–Crippen LogP) is 4.51. The van der Waals surface area contributed by atoms with Crippen molar-refractivity contribution in [2.45, 2.75) is 0 Å². The molecule has 21 heavy (non-hydrogen) atoms. The van der Waals surface area contributed by atoms with Gasteiger partial charge in [-0.2, -0.15) is 5.26 Å². The lowest BCUT2D eigenvalue weighted by molar-refractivity contribution is 1.13. The second-order valence-electron chi connectivity index (χ2n) is 4.83. The van der Waals surface area contributed by atoms with Crippen LogP contribution < -0.4 is 4.90 Å². The summed E-state index contributed by atoms with van der Waals surface area (Å²) in [5, 5.41) is 9.56. The highest BCUT2D eigenvalue weighted by Crippen LogP contribution is 2.34. The molecular weight excluding hydrogens is 276 g/mol. The Labute approximate surface area is 130 Å². The van der Waals surface area contributed by atoms with E-state index in [2.05, 4.69) is 35.2 Å². The van der Waals surface area contributed by atoms with Crippen LogP contribution in [0.1, 0.15) is 11.1 Å². The zero-order valence-electron chi connectivity index (χ0n) is 12.5. The zero-order valence-corrected chi connectivity index (χ0v) is 13.3. The van der Waals surface area contributed by atoms with Crippen molar-refractivity contribution in [1.29, 1.82) is 5.26 Å². The average Bonchev–Trinajstić information content (AvgIpc) is 2.53. The summed E-state index contributed by atoms with van der Waals surface area (Å²) in [6.07, 6.45) is 2.01. The molecule has 0 atom stereocenters. The van der Waals surface area contributed by atoms with Crippen LogP contribution in [0.2, 0.25) is 0 Å². The molecule has 0 unspecified atom stereocenters. The number of nitrogens with zero attached hydrogens (tertiary/aromatic N) is 2. The Bertz CT molecular complexity index is 665. The standard InChI is InChI=1S/C18H18N2S/c1-20(2)16-11-9-15(10-12-16)18(21-3)17(13-19)14-7-5-4-6-8-14/h4-12H,1-3H3/b18-17+. The fourth-order valence-electron chi connectivity index (χ4n) is 2.13. The molecule has 2 rings (SSSR count). The molecule has 0 saturated heterocycles. The number of anilines is 1. The first kappa shape index (κ1) is 15.2. The maximum atomic E-state index is 9.56. The van der Waals surface area contributed by atoms with Gasteiger partial charge in [0, 0.05) is 24.7 Å². The van der Waals surface area contributed by atoms with Gasteiger partial charge in [0.15, 0.2) is 0 Å².